The lowest BCUT2D eigenvalue weighted by Gasteiger charge is -2.28. The van der Waals surface area contributed by atoms with Gasteiger partial charge in [-0.25, -0.2) is 0 Å². The van der Waals surface area contributed by atoms with Crippen molar-refractivity contribution in [3.8, 4) is 22.3 Å². The molecule has 0 fully saturated rings. The van der Waals surface area contributed by atoms with E-state index in [1.54, 1.807) is 0 Å². The molecule has 0 saturated heterocycles. The van der Waals surface area contributed by atoms with Crippen molar-refractivity contribution in [3.63, 3.8) is 0 Å². The van der Waals surface area contributed by atoms with Crippen molar-refractivity contribution in [3.05, 3.63) is 138 Å². The molecule has 5 aromatic carbocycles. The monoisotopic (exact) mass is 569 g/mol. The van der Waals surface area contributed by atoms with Crippen LogP contribution in [-0.2, 0) is 21.4 Å². The highest BCUT2D eigenvalue weighted by Gasteiger charge is 2.35. The summed E-state index contributed by atoms with van der Waals surface area (Å²) in [6.45, 7) is 5.06. The fraction of sp³-hybridized carbons (Fsp3) is 0.184. The molecule has 5 aromatic rings. The number of aryl methyl sites for hydroxylation is 1. The second-order valence-electron chi connectivity index (χ2n) is 11.3. The van der Waals surface area contributed by atoms with Gasteiger partial charge in [0.1, 0.15) is 0 Å². The van der Waals surface area contributed by atoms with E-state index in [1.165, 1.54) is 38.9 Å². The third-order valence-corrected chi connectivity index (χ3v) is 8.51. The van der Waals surface area contributed by atoms with Crippen molar-refractivity contribution in [2.24, 2.45) is 0 Å². The Kier molecular flexibility index (Phi) is 7.90. The van der Waals surface area contributed by atoms with Crippen molar-refractivity contribution in [2.75, 3.05) is 17.3 Å². The molecule has 0 amide bonds. The van der Waals surface area contributed by atoms with Crippen LogP contribution in [0.4, 0.5) is 17.1 Å². The van der Waals surface area contributed by atoms with Crippen LogP contribution in [0.3, 0.4) is 0 Å². The Labute approximate surface area is 254 Å². The SMILES string of the molecule is CC1(C)c2ccccc2-c2ccc(N(c3ccc(CCCOC(=O)CS)cc3)c3ccc(-c4ccccc4)cc3)cc21. The number of rotatable bonds is 9. The number of fused-ring (bicyclic) bond motifs is 3. The normalized spacial score (nSPS) is 12.8. The van der Waals surface area contributed by atoms with Gasteiger partial charge >= 0.3 is 5.97 Å². The van der Waals surface area contributed by atoms with Gasteiger partial charge in [-0.1, -0.05) is 98.8 Å². The van der Waals surface area contributed by atoms with Crippen LogP contribution < -0.4 is 4.90 Å². The standard InChI is InChI=1S/C38H35NO2S/c1-38(2)35-13-7-6-12-33(35)34-23-22-32(25-36(34)38)39(31-20-16-29(17-21-31)28-10-4-3-5-11-28)30-18-14-27(15-19-30)9-8-24-41-37(40)26-42/h3-7,10-23,25,42H,8-9,24,26H2,1-2H3. The van der Waals surface area contributed by atoms with Gasteiger partial charge in [-0.2, -0.15) is 12.6 Å². The molecule has 3 nitrogen and oxygen atoms in total. The van der Waals surface area contributed by atoms with Crippen molar-refractivity contribution < 1.29 is 9.53 Å². The first-order valence-electron chi connectivity index (χ1n) is 14.5. The van der Waals surface area contributed by atoms with Gasteiger partial charge in [0.05, 0.1) is 12.4 Å². The number of anilines is 3. The Morgan fingerprint density at radius 2 is 1.29 bits per heavy atom. The summed E-state index contributed by atoms with van der Waals surface area (Å²) in [5.41, 5.74) is 12.2. The molecule has 0 atom stereocenters. The average Bonchev–Trinajstić information content (AvgIpc) is 3.27. The minimum Gasteiger partial charge on any atom is -0.465 e. The van der Waals surface area contributed by atoms with Crippen LogP contribution in [0, 0.1) is 0 Å². The molecule has 0 spiro atoms. The Balaban J connectivity index is 1.35. The third kappa shape index (κ3) is 5.47. The lowest BCUT2D eigenvalue weighted by molar-refractivity contribution is -0.140. The van der Waals surface area contributed by atoms with E-state index in [0.29, 0.717) is 6.61 Å². The Bertz CT molecular complexity index is 1690. The van der Waals surface area contributed by atoms with E-state index in [4.69, 9.17) is 4.74 Å². The van der Waals surface area contributed by atoms with Gasteiger partial charge in [-0.15, -0.1) is 0 Å². The van der Waals surface area contributed by atoms with Crippen LogP contribution in [0.15, 0.2) is 121 Å². The van der Waals surface area contributed by atoms with Crippen molar-refractivity contribution in [1.82, 2.24) is 0 Å². The van der Waals surface area contributed by atoms with E-state index in [1.807, 2.05) is 6.07 Å². The number of hydrogen-bond donors (Lipinski definition) is 1. The Morgan fingerprint density at radius 1 is 0.690 bits per heavy atom. The minimum atomic E-state index is -0.275. The van der Waals surface area contributed by atoms with E-state index in [0.717, 1.165) is 29.9 Å². The zero-order valence-corrected chi connectivity index (χ0v) is 25.0. The smallest absolute Gasteiger partial charge is 0.315 e. The van der Waals surface area contributed by atoms with E-state index >= 15 is 0 Å². The van der Waals surface area contributed by atoms with Gasteiger partial charge in [0.2, 0.25) is 0 Å². The maximum Gasteiger partial charge on any atom is 0.315 e. The molecule has 1 aliphatic rings. The summed E-state index contributed by atoms with van der Waals surface area (Å²) < 4.78 is 5.19. The molecule has 1 aliphatic carbocycles. The topological polar surface area (TPSA) is 29.5 Å². The maximum atomic E-state index is 11.4. The largest absolute Gasteiger partial charge is 0.465 e. The fourth-order valence-corrected chi connectivity index (χ4v) is 6.12. The first kappa shape index (κ1) is 27.9. The molecular formula is C38H35NO2S. The number of hydrogen-bond acceptors (Lipinski definition) is 4. The maximum absolute atomic E-state index is 11.4. The quantitative estimate of drug-likeness (QED) is 0.109. The van der Waals surface area contributed by atoms with Crippen molar-refractivity contribution in [2.45, 2.75) is 32.1 Å². The number of carbonyl (C=O) groups is 1. The highest BCUT2D eigenvalue weighted by Crippen LogP contribution is 2.50. The molecule has 0 bridgehead atoms. The number of esters is 1. The molecular weight excluding hydrogens is 534 g/mol. The van der Waals surface area contributed by atoms with Gasteiger partial charge in [-0.3, -0.25) is 4.79 Å². The summed E-state index contributed by atoms with van der Waals surface area (Å²) in [6, 6.07) is 43.7. The van der Waals surface area contributed by atoms with Crippen LogP contribution in [0.2, 0.25) is 0 Å². The highest BCUT2D eigenvalue weighted by molar-refractivity contribution is 7.81. The summed E-state index contributed by atoms with van der Waals surface area (Å²) in [6.07, 6.45) is 1.63. The highest BCUT2D eigenvalue weighted by atomic mass is 32.1. The summed E-state index contributed by atoms with van der Waals surface area (Å²) in [4.78, 5) is 13.7. The minimum absolute atomic E-state index is 0.0783. The predicted molar refractivity (Wildman–Crippen MR) is 177 cm³/mol. The predicted octanol–water partition coefficient (Wildman–Crippen LogP) is 9.54. The first-order valence-corrected chi connectivity index (χ1v) is 15.1. The van der Waals surface area contributed by atoms with Crippen LogP contribution in [-0.4, -0.2) is 18.3 Å². The van der Waals surface area contributed by atoms with Gasteiger partial charge in [0.15, 0.2) is 0 Å². The summed E-state index contributed by atoms with van der Waals surface area (Å²) in [5.74, 6) is -0.161. The molecule has 210 valence electrons. The van der Waals surface area contributed by atoms with Crippen LogP contribution in [0.25, 0.3) is 22.3 Å². The number of nitrogens with zero attached hydrogens (tertiary/aromatic N) is 1. The van der Waals surface area contributed by atoms with Gasteiger partial charge in [0, 0.05) is 22.5 Å². The van der Waals surface area contributed by atoms with Gasteiger partial charge in [0.25, 0.3) is 0 Å². The second-order valence-corrected chi connectivity index (χ2v) is 11.6. The molecule has 0 unspecified atom stereocenters. The lowest BCUT2D eigenvalue weighted by Crippen LogP contribution is -2.16. The molecule has 0 heterocycles. The number of benzene rings is 5. The molecule has 0 N–H and O–H groups in total. The van der Waals surface area contributed by atoms with Gasteiger partial charge < -0.3 is 9.64 Å². The molecule has 0 aromatic heterocycles. The Morgan fingerprint density at radius 3 is 2.00 bits per heavy atom. The van der Waals surface area contributed by atoms with Crippen molar-refractivity contribution in [1.29, 1.82) is 0 Å². The van der Waals surface area contributed by atoms with E-state index < -0.39 is 0 Å². The van der Waals surface area contributed by atoms with E-state index in [9.17, 15) is 4.79 Å². The van der Waals surface area contributed by atoms with Crippen LogP contribution >= 0.6 is 12.6 Å². The molecule has 6 rings (SSSR count). The molecule has 4 heteroatoms. The van der Waals surface area contributed by atoms with Crippen molar-refractivity contribution >= 4 is 35.7 Å². The fourth-order valence-electron chi connectivity index (χ4n) is 6.03. The average molecular weight is 570 g/mol. The second kappa shape index (κ2) is 11.9. The summed E-state index contributed by atoms with van der Waals surface area (Å²) >= 11 is 3.97. The summed E-state index contributed by atoms with van der Waals surface area (Å²) in [5, 5.41) is 0. The number of thiol groups is 1. The van der Waals surface area contributed by atoms with E-state index in [2.05, 4.69) is 147 Å². The third-order valence-electron chi connectivity index (χ3n) is 8.25. The number of carbonyl (C=O) groups excluding carboxylic acids is 1. The summed E-state index contributed by atoms with van der Waals surface area (Å²) in [7, 11) is 0. The Hall–Kier alpha value is -4.28. The zero-order valence-electron chi connectivity index (χ0n) is 24.1. The number of ether oxygens (including phenoxy) is 1. The van der Waals surface area contributed by atoms with Crippen LogP contribution in [0.5, 0.6) is 0 Å². The van der Waals surface area contributed by atoms with Gasteiger partial charge in [-0.05, 0) is 88.2 Å². The molecule has 0 radical (unpaired) electrons. The lowest BCUT2D eigenvalue weighted by atomic mass is 9.82. The molecule has 42 heavy (non-hydrogen) atoms. The molecule has 0 saturated carbocycles. The zero-order chi connectivity index (χ0) is 29.1. The molecule has 0 aliphatic heterocycles. The van der Waals surface area contributed by atoms with Crippen LogP contribution in [0.1, 0.15) is 37.0 Å². The van der Waals surface area contributed by atoms with E-state index in [-0.39, 0.29) is 17.1 Å². The first-order chi connectivity index (χ1) is 20.5.